The molecule has 0 aromatic carbocycles. The van der Waals surface area contributed by atoms with Crippen molar-refractivity contribution in [3.05, 3.63) is 0 Å². The van der Waals surface area contributed by atoms with Crippen LogP contribution in [0.1, 0.15) is 46.0 Å². The number of hydrogen-bond donors (Lipinski definition) is 2. The van der Waals surface area contributed by atoms with Crippen LogP contribution in [0, 0.1) is 5.92 Å². The molecule has 1 aliphatic carbocycles. The Labute approximate surface area is 86.4 Å². The summed E-state index contributed by atoms with van der Waals surface area (Å²) in [6.07, 6.45) is 5.39. The van der Waals surface area contributed by atoms with E-state index in [1.807, 2.05) is 6.92 Å². The highest BCUT2D eigenvalue weighted by molar-refractivity contribution is 5.79. The molecular formula is C11H22N2O. The Balaban J connectivity index is 2.46. The molecule has 1 unspecified atom stereocenters. The molecule has 0 spiro atoms. The van der Waals surface area contributed by atoms with Gasteiger partial charge in [0.05, 0.1) is 0 Å². The first-order valence-electron chi connectivity index (χ1n) is 5.69. The highest BCUT2D eigenvalue weighted by Gasteiger charge is 2.37. The second-order valence-electron chi connectivity index (χ2n) is 4.32. The van der Waals surface area contributed by atoms with E-state index in [0.717, 1.165) is 25.7 Å². The number of carbonyl (C=O) groups is 1. The van der Waals surface area contributed by atoms with Crippen molar-refractivity contribution in [1.29, 1.82) is 0 Å². The van der Waals surface area contributed by atoms with Crippen molar-refractivity contribution in [2.45, 2.75) is 51.5 Å². The number of rotatable bonds is 5. The predicted octanol–water partition coefficient (Wildman–Crippen LogP) is 1.42. The van der Waals surface area contributed by atoms with Gasteiger partial charge in [0.25, 0.3) is 0 Å². The zero-order valence-electron chi connectivity index (χ0n) is 9.31. The highest BCUT2D eigenvalue weighted by Crippen LogP contribution is 2.34. The highest BCUT2D eigenvalue weighted by atomic mass is 16.2. The molecule has 1 fully saturated rings. The third-order valence-corrected chi connectivity index (χ3v) is 3.52. The maximum absolute atomic E-state index is 11.8. The molecule has 0 aromatic heterocycles. The van der Waals surface area contributed by atoms with Crippen LogP contribution in [0.2, 0.25) is 0 Å². The van der Waals surface area contributed by atoms with Crippen LogP contribution in [-0.4, -0.2) is 18.0 Å². The quantitative estimate of drug-likeness (QED) is 0.702. The van der Waals surface area contributed by atoms with Gasteiger partial charge in [-0.1, -0.05) is 13.8 Å². The number of hydrogen-bond acceptors (Lipinski definition) is 2. The van der Waals surface area contributed by atoms with E-state index in [2.05, 4.69) is 12.2 Å². The lowest BCUT2D eigenvalue weighted by Crippen LogP contribution is -2.55. The third kappa shape index (κ3) is 2.27. The SMILES string of the molecule is CCC(CN)C(=O)NC1(CC)CCC1. The Morgan fingerprint density at radius 2 is 2.14 bits per heavy atom. The molecule has 0 aliphatic heterocycles. The van der Waals surface area contributed by atoms with E-state index in [9.17, 15) is 4.79 Å². The molecule has 0 radical (unpaired) electrons. The molecule has 3 heteroatoms. The van der Waals surface area contributed by atoms with Gasteiger partial charge in [-0.05, 0) is 32.1 Å². The van der Waals surface area contributed by atoms with E-state index in [1.54, 1.807) is 0 Å². The molecule has 1 rings (SSSR count). The van der Waals surface area contributed by atoms with E-state index in [4.69, 9.17) is 5.73 Å². The van der Waals surface area contributed by atoms with Crippen molar-refractivity contribution < 1.29 is 4.79 Å². The molecule has 14 heavy (non-hydrogen) atoms. The molecule has 1 amide bonds. The van der Waals surface area contributed by atoms with Gasteiger partial charge in [0.2, 0.25) is 5.91 Å². The zero-order chi connectivity index (χ0) is 10.6. The van der Waals surface area contributed by atoms with Crippen LogP contribution in [0.25, 0.3) is 0 Å². The molecule has 3 N–H and O–H groups in total. The minimum Gasteiger partial charge on any atom is -0.350 e. The summed E-state index contributed by atoms with van der Waals surface area (Å²) in [5.74, 6) is 0.149. The lowest BCUT2D eigenvalue weighted by atomic mass is 9.74. The van der Waals surface area contributed by atoms with E-state index < -0.39 is 0 Å². The van der Waals surface area contributed by atoms with E-state index in [0.29, 0.717) is 6.54 Å². The largest absolute Gasteiger partial charge is 0.350 e. The summed E-state index contributed by atoms with van der Waals surface area (Å²) in [6, 6.07) is 0. The molecule has 0 heterocycles. The summed E-state index contributed by atoms with van der Waals surface area (Å²) < 4.78 is 0. The Hall–Kier alpha value is -0.570. The molecule has 82 valence electrons. The van der Waals surface area contributed by atoms with Gasteiger partial charge in [-0.3, -0.25) is 4.79 Å². The van der Waals surface area contributed by atoms with E-state index >= 15 is 0 Å². The molecule has 0 aromatic rings. The average molecular weight is 198 g/mol. The van der Waals surface area contributed by atoms with Gasteiger partial charge < -0.3 is 11.1 Å². The number of nitrogens with two attached hydrogens (primary N) is 1. The summed E-state index contributed by atoms with van der Waals surface area (Å²) in [7, 11) is 0. The molecule has 0 bridgehead atoms. The summed E-state index contributed by atoms with van der Waals surface area (Å²) in [5.41, 5.74) is 5.65. The van der Waals surface area contributed by atoms with E-state index in [-0.39, 0.29) is 17.4 Å². The fourth-order valence-corrected chi connectivity index (χ4v) is 1.99. The molecule has 1 saturated carbocycles. The van der Waals surface area contributed by atoms with Crippen LogP contribution in [0.15, 0.2) is 0 Å². The van der Waals surface area contributed by atoms with Gasteiger partial charge >= 0.3 is 0 Å². The Bertz CT molecular complexity index is 190. The van der Waals surface area contributed by atoms with Gasteiger partial charge in [-0.15, -0.1) is 0 Å². The topological polar surface area (TPSA) is 55.1 Å². The fourth-order valence-electron chi connectivity index (χ4n) is 1.99. The van der Waals surface area contributed by atoms with Crippen LogP contribution in [0.4, 0.5) is 0 Å². The van der Waals surface area contributed by atoms with Crippen molar-refractivity contribution in [3.63, 3.8) is 0 Å². The van der Waals surface area contributed by atoms with Crippen LogP contribution in [0.5, 0.6) is 0 Å². The molecule has 0 saturated heterocycles. The van der Waals surface area contributed by atoms with Gasteiger partial charge in [0.15, 0.2) is 0 Å². The lowest BCUT2D eigenvalue weighted by molar-refractivity contribution is -0.128. The number of nitrogens with one attached hydrogen (secondary N) is 1. The van der Waals surface area contributed by atoms with Crippen molar-refractivity contribution in [3.8, 4) is 0 Å². The number of amides is 1. The first-order valence-corrected chi connectivity index (χ1v) is 5.69. The Morgan fingerprint density at radius 1 is 1.50 bits per heavy atom. The summed E-state index contributed by atoms with van der Waals surface area (Å²) in [6.45, 7) is 4.61. The molecule has 1 atom stereocenters. The monoisotopic (exact) mass is 198 g/mol. The average Bonchev–Trinajstić information content (AvgIpc) is 2.13. The maximum Gasteiger partial charge on any atom is 0.224 e. The molecule has 3 nitrogen and oxygen atoms in total. The lowest BCUT2D eigenvalue weighted by Gasteiger charge is -2.42. The minimum atomic E-state index is -0.000903. The standard InChI is InChI=1S/C11H22N2O/c1-3-9(8-12)10(14)13-11(4-2)6-5-7-11/h9H,3-8,12H2,1-2H3,(H,13,14). The van der Waals surface area contributed by atoms with Gasteiger partial charge in [0.1, 0.15) is 0 Å². The molecular weight excluding hydrogens is 176 g/mol. The van der Waals surface area contributed by atoms with E-state index in [1.165, 1.54) is 6.42 Å². The normalized spacial score (nSPS) is 21.1. The van der Waals surface area contributed by atoms with Gasteiger partial charge in [-0.25, -0.2) is 0 Å². The predicted molar refractivity (Wildman–Crippen MR) is 57.9 cm³/mol. The van der Waals surface area contributed by atoms with Crippen LogP contribution in [0.3, 0.4) is 0 Å². The summed E-state index contributed by atoms with van der Waals surface area (Å²) in [5, 5.41) is 3.16. The molecule has 1 aliphatic rings. The van der Waals surface area contributed by atoms with Crippen molar-refractivity contribution in [1.82, 2.24) is 5.32 Å². The Morgan fingerprint density at radius 3 is 2.43 bits per heavy atom. The van der Waals surface area contributed by atoms with Crippen molar-refractivity contribution in [2.75, 3.05) is 6.54 Å². The van der Waals surface area contributed by atoms with Gasteiger partial charge in [-0.2, -0.15) is 0 Å². The fraction of sp³-hybridized carbons (Fsp3) is 0.909. The second-order valence-corrected chi connectivity index (χ2v) is 4.32. The minimum absolute atomic E-state index is 0.000903. The van der Waals surface area contributed by atoms with Gasteiger partial charge in [0, 0.05) is 18.0 Å². The summed E-state index contributed by atoms with van der Waals surface area (Å²) >= 11 is 0. The van der Waals surface area contributed by atoms with Crippen LogP contribution >= 0.6 is 0 Å². The maximum atomic E-state index is 11.8. The van der Waals surface area contributed by atoms with Crippen LogP contribution < -0.4 is 11.1 Å². The first kappa shape index (κ1) is 11.5. The van der Waals surface area contributed by atoms with Crippen molar-refractivity contribution in [2.24, 2.45) is 11.7 Å². The Kier molecular flexibility index (Phi) is 3.93. The van der Waals surface area contributed by atoms with Crippen molar-refractivity contribution >= 4 is 5.91 Å². The zero-order valence-corrected chi connectivity index (χ0v) is 9.31. The first-order chi connectivity index (χ1) is 6.67. The summed E-state index contributed by atoms with van der Waals surface area (Å²) in [4.78, 5) is 11.8. The third-order valence-electron chi connectivity index (χ3n) is 3.52. The van der Waals surface area contributed by atoms with Crippen LogP contribution in [-0.2, 0) is 4.79 Å². The smallest absolute Gasteiger partial charge is 0.224 e. The number of carbonyl (C=O) groups excluding carboxylic acids is 1. The second kappa shape index (κ2) is 4.78.